The van der Waals surface area contributed by atoms with Gasteiger partial charge in [0.15, 0.2) is 16.8 Å². The Morgan fingerprint density at radius 3 is 2.74 bits per heavy atom. The molecular formula is C22H21N3OS. The number of aryl methyl sites for hydroxylation is 2. The summed E-state index contributed by atoms with van der Waals surface area (Å²) < 4.78 is 2.00. The predicted octanol–water partition coefficient (Wildman–Crippen LogP) is 4.59. The average Bonchev–Trinajstić information content (AvgIpc) is 3.33. The van der Waals surface area contributed by atoms with Gasteiger partial charge < -0.3 is 0 Å². The van der Waals surface area contributed by atoms with Gasteiger partial charge in [0, 0.05) is 17.7 Å². The summed E-state index contributed by atoms with van der Waals surface area (Å²) in [6.07, 6.45) is 5.22. The Kier molecular flexibility index (Phi) is 5.21. The monoisotopic (exact) mass is 375 g/mol. The summed E-state index contributed by atoms with van der Waals surface area (Å²) in [5, 5.41) is 9.39. The van der Waals surface area contributed by atoms with E-state index in [1.54, 1.807) is 0 Å². The Morgan fingerprint density at radius 1 is 1.11 bits per heavy atom. The number of allylic oxidation sites excluding steroid dienone is 1. The zero-order valence-electron chi connectivity index (χ0n) is 15.1. The van der Waals surface area contributed by atoms with Crippen molar-refractivity contribution in [1.82, 2.24) is 14.8 Å². The third kappa shape index (κ3) is 3.74. The highest BCUT2D eigenvalue weighted by molar-refractivity contribution is 7.99. The van der Waals surface area contributed by atoms with Gasteiger partial charge in [-0.2, -0.15) is 0 Å². The molecule has 0 fully saturated rings. The van der Waals surface area contributed by atoms with E-state index in [1.807, 2.05) is 47.0 Å². The van der Waals surface area contributed by atoms with E-state index in [1.165, 1.54) is 29.3 Å². The molecule has 0 N–H and O–H groups in total. The van der Waals surface area contributed by atoms with Crippen molar-refractivity contribution in [3.8, 4) is 11.4 Å². The second kappa shape index (κ2) is 7.92. The highest BCUT2D eigenvalue weighted by Crippen LogP contribution is 2.26. The minimum atomic E-state index is 0.129. The molecule has 1 aliphatic rings. The Morgan fingerprint density at radius 2 is 1.93 bits per heavy atom. The van der Waals surface area contributed by atoms with Crippen LogP contribution in [-0.4, -0.2) is 26.3 Å². The predicted molar refractivity (Wildman–Crippen MR) is 109 cm³/mol. The lowest BCUT2D eigenvalue weighted by Gasteiger charge is -2.08. The first-order valence-corrected chi connectivity index (χ1v) is 10.1. The maximum Gasteiger partial charge on any atom is 0.192 e. The van der Waals surface area contributed by atoms with E-state index in [0.29, 0.717) is 12.3 Å². The van der Waals surface area contributed by atoms with Crippen molar-refractivity contribution < 1.29 is 4.79 Å². The SMILES string of the molecule is C=CCn1c(SCC(=O)c2ccc3c(c2)CCC3)nnc1-c1ccccc1. The van der Waals surface area contributed by atoms with Crippen LogP contribution in [0.5, 0.6) is 0 Å². The molecule has 0 saturated carbocycles. The van der Waals surface area contributed by atoms with Crippen LogP contribution in [0, 0.1) is 0 Å². The topological polar surface area (TPSA) is 47.8 Å². The number of carbonyl (C=O) groups is 1. The summed E-state index contributed by atoms with van der Waals surface area (Å²) in [5.74, 6) is 1.27. The number of hydrogen-bond acceptors (Lipinski definition) is 4. The van der Waals surface area contributed by atoms with E-state index in [0.717, 1.165) is 34.9 Å². The Hall–Kier alpha value is -2.66. The first kappa shape index (κ1) is 17.7. The molecule has 5 heteroatoms. The molecule has 4 nitrogen and oxygen atoms in total. The van der Waals surface area contributed by atoms with Gasteiger partial charge in [0.25, 0.3) is 0 Å². The summed E-state index contributed by atoms with van der Waals surface area (Å²) in [5.41, 5.74) is 4.51. The highest BCUT2D eigenvalue weighted by Gasteiger charge is 2.17. The molecule has 0 bridgehead atoms. The van der Waals surface area contributed by atoms with Crippen LogP contribution in [0.3, 0.4) is 0 Å². The third-order valence-electron chi connectivity index (χ3n) is 4.81. The molecule has 0 saturated heterocycles. The normalized spacial score (nSPS) is 12.7. The molecule has 0 aliphatic heterocycles. The number of hydrogen-bond donors (Lipinski definition) is 0. The number of thioether (sulfide) groups is 1. The number of ketones is 1. The fourth-order valence-electron chi connectivity index (χ4n) is 3.45. The van der Waals surface area contributed by atoms with Gasteiger partial charge in [-0.25, -0.2) is 0 Å². The van der Waals surface area contributed by atoms with Crippen LogP contribution in [0.25, 0.3) is 11.4 Å². The van der Waals surface area contributed by atoms with Crippen LogP contribution in [0.2, 0.25) is 0 Å². The van der Waals surface area contributed by atoms with Crippen LogP contribution < -0.4 is 0 Å². The van der Waals surface area contributed by atoms with Gasteiger partial charge in [-0.3, -0.25) is 9.36 Å². The fourth-order valence-corrected chi connectivity index (χ4v) is 4.29. The Labute approximate surface area is 163 Å². The number of rotatable bonds is 7. The molecular weight excluding hydrogens is 354 g/mol. The largest absolute Gasteiger partial charge is 0.298 e. The number of aromatic nitrogens is 3. The minimum Gasteiger partial charge on any atom is -0.298 e. The van der Waals surface area contributed by atoms with Crippen molar-refractivity contribution in [3.63, 3.8) is 0 Å². The van der Waals surface area contributed by atoms with Crippen LogP contribution >= 0.6 is 11.8 Å². The molecule has 0 radical (unpaired) electrons. The molecule has 1 heterocycles. The van der Waals surface area contributed by atoms with Crippen molar-refractivity contribution in [3.05, 3.63) is 77.9 Å². The first-order chi connectivity index (χ1) is 13.3. The van der Waals surface area contributed by atoms with Gasteiger partial charge in [0.2, 0.25) is 0 Å². The smallest absolute Gasteiger partial charge is 0.192 e. The average molecular weight is 375 g/mol. The number of benzene rings is 2. The van der Waals surface area contributed by atoms with Crippen molar-refractivity contribution in [2.75, 3.05) is 5.75 Å². The number of nitrogens with zero attached hydrogens (tertiary/aromatic N) is 3. The molecule has 3 aromatic rings. The van der Waals surface area contributed by atoms with Crippen molar-refractivity contribution >= 4 is 17.5 Å². The molecule has 0 amide bonds. The minimum absolute atomic E-state index is 0.129. The van der Waals surface area contributed by atoms with Gasteiger partial charge >= 0.3 is 0 Å². The summed E-state index contributed by atoms with van der Waals surface area (Å²) in [4.78, 5) is 12.7. The van der Waals surface area contributed by atoms with E-state index < -0.39 is 0 Å². The van der Waals surface area contributed by atoms with E-state index >= 15 is 0 Å². The molecule has 0 unspecified atom stereocenters. The van der Waals surface area contributed by atoms with Crippen LogP contribution in [-0.2, 0) is 19.4 Å². The molecule has 4 rings (SSSR count). The second-order valence-corrected chi connectivity index (χ2v) is 7.56. The molecule has 1 aliphatic carbocycles. The number of fused-ring (bicyclic) bond motifs is 1. The van der Waals surface area contributed by atoms with Gasteiger partial charge in [-0.15, -0.1) is 16.8 Å². The summed E-state index contributed by atoms with van der Waals surface area (Å²) in [7, 11) is 0. The maximum atomic E-state index is 12.7. The first-order valence-electron chi connectivity index (χ1n) is 9.13. The van der Waals surface area contributed by atoms with Crippen LogP contribution in [0.4, 0.5) is 0 Å². The van der Waals surface area contributed by atoms with E-state index in [4.69, 9.17) is 0 Å². The van der Waals surface area contributed by atoms with Gasteiger partial charge in [0.05, 0.1) is 5.75 Å². The lowest BCUT2D eigenvalue weighted by molar-refractivity contribution is 0.102. The van der Waals surface area contributed by atoms with Crippen LogP contribution in [0.1, 0.15) is 27.9 Å². The van der Waals surface area contributed by atoms with Crippen molar-refractivity contribution in [2.24, 2.45) is 0 Å². The Bertz CT molecular complexity index is 978. The zero-order valence-corrected chi connectivity index (χ0v) is 15.9. The number of Topliss-reactive ketones (excluding diaryl/α,β-unsaturated/α-hetero) is 1. The molecule has 136 valence electrons. The van der Waals surface area contributed by atoms with E-state index in [-0.39, 0.29) is 5.78 Å². The summed E-state index contributed by atoms with van der Waals surface area (Å²) in [6, 6.07) is 16.1. The highest BCUT2D eigenvalue weighted by atomic mass is 32.2. The van der Waals surface area contributed by atoms with Crippen molar-refractivity contribution in [2.45, 2.75) is 31.0 Å². The second-order valence-electron chi connectivity index (χ2n) is 6.62. The quantitative estimate of drug-likeness (QED) is 0.344. The van der Waals surface area contributed by atoms with Gasteiger partial charge in [-0.1, -0.05) is 60.3 Å². The zero-order chi connectivity index (χ0) is 18.6. The molecule has 1 aromatic heterocycles. The lowest BCUT2D eigenvalue weighted by Crippen LogP contribution is -2.06. The van der Waals surface area contributed by atoms with Crippen LogP contribution in [0.15, 0.2) is 66.3 Å². The number of carbonyl (C=O) groups excluding carboxylic acids is 1. The van der Waals surface area contributed by atoms with E-state index in [9.17, 15) is 4.79 Å². The Balaban J connectivity index is 1.52. The summed E-state index contributed by atoms with van der Waals surface area (Å²) >= 11 is 1.43. The van der Waals surface area contributed by atoms with Gasteiger partial charge in [-0.05, 0) is 36.5 Å². The third-order valence-corrected chi connectivity index (χ3v) is 5.78. The lowest BCUT2D eigenvalue weighted by atomic mass is 10.0. The van der Waals surface area contributed by atoms with Gasteiger partial charge in [0.1, 0.15) is 0 Å². The molecule has 0 spiro atoms. The van der Waals surface area contributed by atoms with E-state index in [2.05, 4.69) is 28.9 Å². The molecule has 27 heavy (non-hydrogen) atoms. The fraction of sp³-hybridized carbons (Fsp3) is 0.227. The standard InChI is InChI=1S/C22H21N3OS/c1-2-13-25-21(17-7-4-3-5-8-17)23-24-22(25)27-15-20(26)19-12-11-16-9-6-10-18(16)14-19/h2-5,7-8,11-12,14H,1,6,9-10,13,15H2. The maximum absolute atomic E-state index is 12.7. The molecule has 2 aromatic carbocycles. The van der Waals surface area contributed by atoms with Crippen molar-refractivity contribution in [1.29, 1.82) is 0 Å². The summed E-state index contributed by atoms with van der Waals surface area (Å²) in [6.45, 7) is 4.44. The molecule has 0 atom stereocenters.